The number of amides is 1. The molecular formula is C24H20ClNO4. The van der Waals surface area contributed by atoms with Gasteiger partial charge in [0.05, 0.1) is 25.8 Å². The summed E-state index contributed by atoms with van der Waals surface area (Å²) in [5.74, 6) is -0.321. The molecule has 1 unspecified atom stereocenters. The first kappa shape index (κ1) is 20.1. The predicted octanol–water partition coefficient (Wildman–Crippen LogP) is 4.36. The number of carbonyl (C=O) groups excluding carboxylic acids is 2. The summed E-state index contributed by atoms with van der Waals surface area (Å²) in [6.07, 6.45) is -0.354. The number of benzene rings is 3. The number of aliphatic hydroxyl groups is 1. The average Bonchev–Trinajstić information content (AvgIpc) is 2.97. The van der Waals surface area contributed by atoms with Crippen LogP contribution in [0.5, 0.6) is 5.75 Å². The number of ketones is 1. The third kappa shape index (κ3) is 3.58. The van der Waals surface area contributed by atoms with Crippen LogP contribution < -0.4 is 9.64 Å². The Kier molecular flexibility index (Phi) is 5.33. The van der Waals surface area contributed by atoms with Crippen LogP contribution in [0.4, 0.5) is 5.69 Å². The third-order valence-corrected chi connectivity index (χ3v) is 5.55. The summed E-state index contributed by atoms with van der Waals surface area (Å²) in [7, 11) is 1.52. The maximum Gasteiger partial charge on any atom is 0.264 e. The summed E-state index contributed by atoms with van der Waals surface area (Å²) in [6.45, 7) is 0.267. The summed E-state index contributed by atoms with van der Waals surface area (Å²) < 4.78 is 5.17. The molecule has 0 aliphatic carbocycles. The van der Waals surface area contributed by atoms with Crippen LogP contribution in [0.3, 0.4) is 0 Å². The monoisotopic (exact) mass is 421 g/mol. The van der Waals surface area contributed by atoms with Gasteiger partial charge in [-0.15, -0.1) is 0 Å². The summed E-state index contributed by atoms with van der Waals surface area (Å²) >= 11 is 5.95. The fourth-order valence-corrected chi connectivity index (χ4v) is 3.86. The first-order chi connectivity index (χ1) is 14.4. The van der Waals surface area contributed by atoms with Gasteiger partial charge in [0.15, 0.2) is 11.4 Å². The molecule has 1 N–H and O–H groups in total. The van der Waals surface area contributed by atoms with Crippen molar-refractivity contribution in [2.24, 2.45) is 0 Å². The van der Waals surface area contributed by atoms with E-state index in [1.807, 2.05) is 12.1 Å². The van der Waals surface area contributed by atoms with Crippen LogP contribution in [-0.4, -0.2) is 23.9 Å². The van der Waals surface area contributed by atoms with Crippen molar-refractivity contribution < 1.29 is 19.4 Å². The Balaban J connectivity index is 1.66. The summed E-state index contributed by atoms with van der Waals surface area (Å²) in [5.41, 5.74) is 0.345. The number of hydrogen-bond acceptors (Lipinski definition) is 4. The lowest BCUT2D eigenvalue weighted by molar-refractivity contribution is -0.136. The number of fused-ring (bicyclic) bond motifs is 1. The van der Waals surface area contributed by atoms with E-state index in [1.165, 1.54) is 12.0 Å². The number of Topliss-reactive ketones (excluding diaryl/α,β-unsaturated/α-hetero) is 1. The first-order valence-electron chi connectivity index (χ1n) is 9.48. The van der Waals surface area contributed by atoms with E-state index in [-0.39, 0.29) is 18.7 Å². The number of rotatable bonds is 6. The molecule has 0 saturated heterocycles. The molecule has 3 aromatic rings. The second-order valence-electron chi connectivity index (χ2n) is 7.23. The van der Waals surface area contributed by atoms with Crippen molar-refractivity contribution >= 4 is 29.0 Å². The van der Waals surface area contributed by atoms with Crippen LogP contribution in [0.25, 0.3) is 0 Å². The van der Waals surface area contributed by atoms with Gasteiger partial charge in [0, 0.05) is 16.1 Å². The van der Waals surface area contributed by atoms with Gasteiger partial charge in [-0.3, -0.25) is 9.59 Å². The van der Waals surface area contributed by atoms with Gasteiger partial charge in [0.25, 0.3) is 5.91 Å². The molecule has 1 amide bonds. The van der Waals surface area contributed by atoms with E-state index in [1.54, 1.807) is 60.7 Å². The molecule has 30 heavy (non-hydrogen) atoms. The Bertz CT molecular complexity index is 1110. The Morgan fingerprint density at radius 1 is 1.07 bits per heavy atom. The number of para-hydroxylation sites is 1. The average molecular weight is 422 g/mol. The number of halogens is 1. The van der Waals surface area contributed by atoms with Crippen LogP contribution in [0.15, 0.2) is 72.8 Å². The lowest BCUT2D eigenvalue weighted by Crippen LogP contribution is -2.41. The van der Waals surface area contributed by atoms with Crippen molar-refractivity contribution in [3.63, 3.8) is 0 Å². The van der Waals surface area contributed by atoms with E-state index in [9.17, 15) is 14.7 Å². The number of ether oxygens (including phenoxy) is 1. The maximum atomic E-state index is 13.3. The van der Waals surface area contributed by atoms with E-state index in [4.69, 9.17) is 16.3 Å². The molecule has 4 rings (SSSR count). The molecule has 1 heterocycles. The van der Waals surface area contributed by atoms with E-state index in [0.29, 0.717) is 27.6 Å². The zero-order valence-electron chi connectivity index (χ0n) is 16.3. The van der Waals surface area contributed by atoms with Gasteiger partial charge in [-0.2, -0.15) is 0 Å². The smallest absolute Gasteiger partial charge is 0.264 e. The second-order valence-corrected chi connectivity index (χ2v) is 7.66. The van der Waals surface area contributed by atoms with Crippen LogP contribution in [-0.2, 0) is 16.9 Å². The Morgan fingerprint density at radius 3 is 2.53 bits per heavy atom. The van der Waals surface area contributed by atoms with Crippen molar-refractivity contribution in [2.45, 2.75) is 18.6 Å². The number of hydrogen-bond donors (Lipinski definition) is 1. The van der Waals surface area contributed by atoms with E-state index in [2.05, 4.69) is 0 Å². The minimum absolute atomic E-state index is 0.267. The Labute approximate surface area is 179 Å². The van der Waals surface area contributed by atoms with Gasteiger partial charge >= 0.3 is 0 Å². The fourth-order valence-electron chi connectivity index (χ4n) is 3.74. The molecule has 6 heteroatoms. The highest BCUT2D eigenvalue weighted by molar-refractivity contribution is 6.30. The molecule has 0 fully saturated rings. The highest BCUT2D eigenvalue weighted by Crippen LogP contribution is 2.43. The first-order valence-corrected chi connectivity index (χ1v) is 9.86. The van der Waals surface area contributed by atoms with Crippen LogP contribution >= 0.6 is 11.6 Å². The van der Waals surface area contributed by atoms with Crippen molar-refractivity contribution in [3.8, 4) is 5.75 Å². The molecule has 152 valence electrons. The SMILES string of the molecule is COc1cccc(C(=O)CC2(O)C(=O)N(Cc3ccc(Cl)cc3)c3ccccc32)c1. The van der Waals surface area contributed by atoms with Crippen molar-refractivity contribution in [1.82, 2.24) is 0 Å². The van der Waals surface area contributed by atoms with Crippen LogP contribution in [0, 0.1) is 0 Å². The molecular weight excluding hydrogens is 402 g/mol. The lowest BCUT2D eigenvalue weighted by atomic mass is 9.88. The molecule has 0 bridgehead atoms. The normalized spacial score (nSPS) is 17.7. The summed E-state index contributed by atoms with van der Waals surface area (Å²) in [4.78, 5) is 27.8. The van der Waals surface area contributed by atoms with E-state index in [0.717, 1.165) is 5.56 Å². The van der Waals surface area contributed by atoms with Gasteiger partial charge in [-0.1, -0.05) is 54.1 Å². The lowest BCUT2D eigenvalue weighted by Gasteiger charge is -2.23. The number of nitrogens with zero attached hydrogens (tertiary/aromatic N) is 1. The summed E-state index contributed by atoms with van der Waals surface area (Å²) in [5, 5.41) is 12.0. The van der Waals surface area contributed by atoms with Crippen molar-refractivity contribution in [3.05, 3.63) is 94.5 Å². The fraction of sp³-hybridized carbons (Fsp3) is 0.167. The van der Waals surface area contributed by atoms with Crippen molar-refractivity contribution in [1.29, 1.82) is 0 Å². The highest BCUT2D eigenvalue weighted by atomic mass is 35.5. The topological polar surface area (TPSA) is 66.8 Å². The minimum atomic E-state index is -1.93. The van der Waals surface area contributed by atoms with Gasteiger partial charge in [0.2, 0.25) is 0 Å². The molecule has 1 aliphatic rings. The molecule has 3 aromatic carbocycles. The number of anilines is 1. The van der Waals surface area contributed by atoms with Crippen molar-refractivity contribution in [2.75, 3.05) is 12.0 Å². The second kappa shape index (κ2) is 7.94. The number of carbonyl (C=O) groups is 2. The zero-order chi connectivity index (χ0) is 21.3. The quantitative estimate of drug-likeness (QED) is 0.601. The molecule has 0 spiro atoms. The van der Waals surface area contributed by atoms with E-state index < -0.39 is 11.5 Å². The van der Waals surface area contributed by atoms with Gasteiger partial charge < -0.3 is 14.7 Å². The Morgan fingerprint density at radius 2 is 1.80 bits per heavy atom. The molecule has 1 atom stereocenters. The van der Waals surface area contributed by atoms with Crippen LogP contribution in [0.2, 0.25) is 5.02 Å². The molecule has 1 aliphatic heterocycles. The maximum absolute atomic E-state index is 13.3. The molecule has 0 radical (unpaired) electrons. The zero-order valence-corrected chi connectivity index (χ0v) is 17.1. The van der Waals surface area contributed by atoms with Gasteiger partial charge in [-0.25, -0.2) is 0 Å². The number of methoxy groups -OCH3 is 1. The highest BCUT2D eigenvalue weighted by Gasteiger charge is 2.50. The van der Waals surface area contributed by atoms with E-state index >= 15 is 0 Å². The third-order valence-electron chi connectivity index (χ3n) is 5.30. The van der Waals surface area contributed by atoms with Gasteiger partial charge in [-0.05, 0) is 35.9 Å². The Hall–Kier alpha value is -3.15. The molecule has 5 nitrogen and oxygen atoms in total. The standard InChI is InChI=1S/C24H20ClNO4/c1-30-19-6-4-5-17(13-19)22(27)14-24(29)20-7-2-3-8-21(20)26(23(24)28)15-16-9-11-18(25)12-10-16/h2-13,29H,14-15H2,1H3. The largest absolute Gasteiger partial charge is 0.497 e. The van der Waals surface area contributed by atoms with Gasteiger partial charge in [0.1, 0.15) is 5.75 Å². The van der Waals surface area contributed by atoms with Crippen LogP contribution in [0.1, 0.15) is 27.9 Å². The summed E-state index contributed by atoms with van der Waals surface area (Å²) in [6, 6.07) is 20.9. The minimum Gasteiger partial charge on any atom is -0.497 e. The molecule has 0 saturated carbocycles. The predicted molar refractivity (Wildman–Crippen MR) is 115 cm³/mol. The molecule has 0 aromatic heterocycles.